The first-order valence-electron chi connectivity index (χ1n) is 16.6. The molecule has 0 aromatic heterocycles. The lowest BCUT2D eigenvalue weighted by Gasteiger charge is -2.24. The largest absolute Gasteiger partial charge is 0.496 e. The molecule has 0 N–H and O–H groups in total. The van der Waals surface area contributed by atoms with Crippen LogP contribution in [0.25, 0.3) is 44.5 Å². The van der Waals surface area contributed by atoms with Crippen molar-refractivity contribution in [1.29, 1.82) is 0 Å². The normalized spacial score (nSPS) is 13.0. The van der Waals surface area contributed by atoms with E-state index in [0.29, 0.717) is 30.3 Å². The van der Waals surface area contributed by atoms with Crippen LogP contribution in [0, 0.1) is 34.6 Å². The van der Waals surface area contributed by atoms with E-state index in [0.717, 1.165) is 57.4 Å². The molecule has 0 saturated carbocycles. The number of ether oxygens (including phenoxy) is 1. The summed E-state index contributed by atoms with van der Waals surface area (Å²) in [5.74, 6) is -0.684. The van der Waals surface area contributed by atoms with E-state index in [9.17, 15) is 65.9 Å². The number of hydrogen-bond acceptors (Lipinski definition) is 1. The van der Waals surface area contributed by atoms with Gasteiger partial charge in [0.15, 0.2) is 0 Å². The summed E-state index contributed by atoms with van der Waals surface area (Å²) in [4.78, 5) is 0. The van der Waals surface area contributed by atoms with Gasteiger partial charge in [0.2, 0.25) is 0 Å². The van der Waals surface area contributed by atoms with E-state index in [1.54, 1.807) is 0 Å². The SMILES string of the molecule is COc1cc(C)c(-c2cc(C)c(-c3cc(C)c(-c4cc(C)c(-c5cc(C)ccc5C(F)(F)F)cc4C(F)(F)F)cc3C(F)(F)F)cc2C(F)(F)F)cc1C(F)(F)F. The fourth-order valence-corrected chi connectivity index (χ4v) is 6.86. The van der Waals surface area contributed by atoms with Crippen molar-refractivity contribution < 1.29 is 70.6 Å². The Hall–Kier alpha value is -5.15. The molecule has 1 nitrogen and oxygen atoms in total. The molecule has 304 valence electrons. The summed E-state index contributed by atoms with van der Waals surface area (Å²) in [5.41, 5.74) is -13.4. The smallest absolute Gasteiger partial charge is 0.419 e. The predicted molar refractivity (Wildman–Crippen MR) is 183 cm³/mol. The van der Waals surface area contributed by atoms with Crippen molar-refractivity contribution in [3.05, 3.63) is 122 Å². The van der Waals surface area contributed by atoms with Crippen molar-refractivity contribution >= 4 is 0 Å². The van der Waals surface area contributed by atoms with Crippen LogP contribution in [-0.4, -0.2) is 7.11 Å². The summed E-state index contributed by atoms with van der Waals surface area (Å²) >= 11 is 0. The topological polar surface area (TPSA) is 9.23 Å². The summed E-state index contributed by atoms with van der Waals surface area (Å²) < 4.78 is 221. The average Bonchev–Trinajstić information content (AvgIpc) is 3.05. The van der Waals surface area contributed by atoms with Gasteiger partial charge in [0, 0.05) is 0 Å². The number of alkyl halides is 15. The Labute approximate surface area is 315 Å². The van der Waals surface area contributed by atoms with Crippen molar-refractivity contribution in [2.45, 2.75) is 65.5 Å². The van der Waals surface area contributed by atoms with Crippen molar-refractivity contribution in [2.75, 3.05) is 7.11 Å². The van der Waals surface area contributed by atoms with Crippen molar-refractivity contribution in [3.8, 4) is 50.3 Å². The maximum Gasteiger partial charge on any atom is 0.419 e. The van der Waals surface area contributed by atoms with E-state index in [-0.39, 0.29) is 27.8 Å². The van der Waals surface area contributed by atoms with Gasteiger partial charge in [0.25, 0.3) is 0 Å². The Morgan fingerprint density at radius 2 is 0.596 bits per heavy atom. The zero-order valence-corrected chi connectivity index (χ0v) is 30.4. The van der Waals surface area contributed by atoms with Crippen LogP contribution in [0.1, 0.15) is 55.6 Å². The Morgan fingerprint density at radius 3 is 0.895 bits per heavy atom. The molecule has 0 spiro atoms. The quantitative estimate of drug-likeness (QED) is 0.161. The second-order valence-corrected chi connectivity index (χ2v) is 13.5. The first-order chi connectivity index (χ1) is 25.9. The van der Waals surface area contributed by atoms with Crippen LogP contribution >= 0.6 is 0 Å². The summed E-state index contributed by atoms with van der Waals surface area (Å²) in [6, 6.07) is 7.54. The lowest BCUT2D eigenvalue weighted by Crippen LogP contribution is -2.13. The third-order valence-electron chi connectivity index (χ3n) is 9.50. The van der Waals surface area contributed by atoms with Gasteiger partial charge < -0.3 is 4.74 Å². The monoisotopic (exact) mass is 822 g/mol. The van der Waals surface area contributed by atoms with Gasteiger partial charge in [-0.2, -0.15) is 65.9 Å². The first-order valence-corrected chi connectivity index (χ1v) is 16.6. The molecule has 0 saturated heterocycles. The molecular formula is C41H29F15O. The Bertz CT molecular complexity index is 2370. The minimum atomic E-state index is -5.40. The molecule has 0 aliphatic rings. The zero-order valence-electron chi connectivity index (χ0n) is 30.4. The zero-order chi connectivity index (χ0) is 43.0. The average molecular weight is 823 g/mol. The summed E-state index contributed by atoms with van der Waals surface area (Å²) in [6.07, 6.45) is -26.1. The summed E-state index contributed by atoms with van der Waals surface area (Å²) in [6.45, 7) is 6.04. The maximum atomic E-state index is 14.9. The fourth-order valence-electron chi connectivity index (χ4n) is 6.86. The third kappa shape index (κ3) is 8.45. The molecule has 0 bridgehead atoms. The van der Waals surface area contributed by atoms with E-state index in [2.05, 4.69) is 0 Å². The van der Waals surface area contributed by atoms with Gasteiger partial charge in [-0.25, -0.2) is 0 Å². The highest BCUT2D eigenvalue weighted by molar-refractivity contribution is 5.85. The third-order valence-corrected chi connectivity index (χ3v) is 9.50. The molecule has 0 radical (unpaired) electrons. The number of benzene rings is 5. The van der Waals surface area contributed by atoms with Gasteiger partial charge in [-0.05, 0) is 138 Å². The Balaban J connectivity index is 1.80. The highest BCUT2D eigenvalue weighted by atomic mass is 19.4. The molecule has 0 unspecified atom stereocenters. The maximum absolute atomic E-state index is 14.9. The van der Waals surface area contributed by atoms with Gasteiger partial charge >= 0.3 is 30.9 Å². The highest BCUT2D eigenvalue weighted by Gasteiger charge is 2.42. The van der Waals surface area contributed by atoms with Crippen LogP contribution in [0.2, 0.25) is 0 Å². The molecule has 0 fully saturated rings. The van der Waals surface area contributed by atoms with Crippen molar-refractivity contribution in [2.24, 2.45) is 0 Å². The number of methoxy groups -OCH3 is 1. The number of hydrogen-bond donors (Lipinski definition) is 0. The van der Waals surface area contributed by atoms with Crippen molar-refractivity contribution in [1.82, 2.24) is 0 Å². The molecule has 57 heavy (non-hydrogen) atoms. The molecule has 0 heterocycles. The molecule has 0 amide bonds. The second-order valence-electron chi connectivity index (χ2n) is 13.5. The predicted octanol–water partition coefficient (Wildman–Crippen LogP) is 15.0. The van der Waals surface area contributed by atoms with Crippen LogP contribution in [0.3, 0.4) is 0 Å². The van der Waals surface area contributed by atoms with Crippen LogP contribution in [0.5, 0.6) is 5.75 Å². The van der Waals surface area contributed by atoms with Gasteiger partial charge in [0.1, 0.15) is 5.75 Å². The second kappa shape index (κ2) is 14.3. The lowest BCUT2D eigenvalue weighted by atomic mass is 9.83. The molecule has 5 aromatic rings. The van der Waals surface area contributed by atoms with Gasteiger partial charge in [0.05, 0.1) is 34.9 Å². The van der Waals surface area contributed by atoms with E-state index in [1.165, 1.54) is 20.8 Å². The molecule has 0 aliphatic carbocycles. The standard InChI is InChI=1S/C41H29F15O/c1-18-7-8-31(37(42,43)44)27(9-18)23-14-32(38(45,46)47)28(10-19(23)2)24-15-33(39(48,49)50)29(11-20(24)3)25-16-34(40(51,52)53)30(12-21(25)4)26-17-35(41(54,55)56)36(57-6)13-22(26)5/h7-17H,1-6H3. The minimum absolute atomic E-state index is 0.0903. The lowest BCUT2D eigenvalue weighted by molar-refractivity contribution is -0.139. The highest BCUT2D eigenvalue weighted by Crippen LogP contribution is 2.50. The Kier molecular flexibility index (Phi) is 10.8. The van der Waals surface area contributed by atoms with Gasteiger partial charge in [-0.15, -0.1) is 0 Å². The number of rotatable bonds is 5. The molecule has 0 aliphatic heterocycles. The molecule has 5 rings (SSSR count). The summed E-state index contributed by atoms with van der Waals surface area (Å²) in [7, 11) is 0.925. The van der Waals surface area contributed by atoms with Gasteiger partial charge in [-0.3, -0.25) is 0 Å². The molecule has 16 heteroatoms. The van der Waals surface area contributed by atoms with Crippen molar-refractivity contribution in [3.63, 3.8) is 0 Å². The Morgan fingerprint density at radius 1 is 0.316 bits per heavy atom. The molecule has 0 atom stereocenters. The van der Waals surface area contributed by atoms with Crippen LogP contribution < -0.4 is 4.74 Å². The van der Waals surface area contributed by atoms with Gasteiger partial charge in [-0.1, -0.05) is 35.9 Å². The first kappa shape index (κ1) is 43.0. The van der Waals surface area contributed by atoms with E-state index in [1.807, 2.05) is 0 Å². The van der Waals surface area contributed by atoms with Crippen LogP contribution in [0.4, 0.5) is 65.9 Å². The molecule has 5 aromatic carbocycles. The van der Waals surface area contributed by atoms with Crippen LogP contribution in [0.15, 0.2) is 66.7 Å². The fraction of sp³-hybridized carbons (Fsp3) is 0.268. The molecular weight excluding hydrogens is 793 g/mol. The summed E-state index contributed by atoms with van der Waals surface area (Å²) in [5, 5.41) is 0. The number of aryl methyl sites for hydroxylation is 5. The van der Waals surface area contributed by atoms with E-state index < -0.39 is 109 Å². The van der Waals surface area contributed by atoms with E-state index in [4.69, 9.17) is 4.74 Å². The number of halogens is 15. The van der Waals surface area contributed by atoms with Crippen LogP contribution in [-0.2, 0) is 30.9 Å². The minimum Gasteiger partial charge on any atom is -0.496 e. The van der Waals surface area contributed by atoms with E-state index >= 15 is 0 Å².